The van der Waals surface area contributed by atoms with Crippen molar-refractivity contribution in [1.29, 1.82) is 0 Å². The van der Waals surface area contributed by atoms with Crippen LogP contribution in [0.1, 0.15) is 0 Å². The summed E-state index contributed by atoms with van der Waals surface area (Å²) in [5.74, 6) is 0. The second-order valence-corrected chi connectivity index (χ2v) is 17.0. The molecule has 242 valence electrons. The SMILES string of the molecule is O=c1c2ccccc2c2cc(-c3ccc4c(c3)S(=O)(=O)c3ccccc3-4)cc3c4cc(-c5ccc6c(c5)S(=O)(=O)c5ccccc5-6)ccc4n1c23. The predicted octanol–water partition coefficient (Wildman–Crippen LogP) is 9.16. The fraction of sp³-hybridized carbons (Fsp3) is 0. The van der Waals surface area contributed by atoms with Crippen LogP contribution in [0, 0.1) is 0 Å². The molecule has 11 rings (SSSR count). The molecule has 0 N–H and O–H groups in total. The maximum Gasteiger partial charge on any atom is 0.263 e. The molecule has 2 aromatic heterocycles. The maximum atomic E-state index is 14.1. The van der Waals surface area contributed by atoms with Gasteiger partial charge in [-0.1, -0.05) is 84.9 Å². The molecule has 0 amide bonds. The number of nitrogens with zero attached hydrogens (tertiary/aromatic N) is 1. The summed E-state index contributed by atoms with van der Waals surface area (Å²) in [4.78, 5) is 15.3. The molecule has 0 bridgehead atoms. The van der Waals surface area contributed by atoms with Crippen molar-refractivity contribution < 1.29 is 16.8 Å². The fourth-order valence-corrected chi connectivity index (χ4v) is 11.7. The van der Waals surface area contributed by atoms with Crippen LogP contribution in [0.4, 0.5) is 0 Å². The highest BCUT2D eigenvalue weighted by Crippen LogP contribution is 2.47. The average molecular weight is 698 g/mol. The van der Waals surface area contributed by atoms with Gasteiger partial charge in [0.05, 0.1) is 30.6 Å². The van der Waals surface area contributed by atoms with Crippen LogP contribution in [0.3, 0.4) is 0 Å². The Morgan fingerprint density at radius 1 is 0.373 bits per heavy atom. The monoisotopic (exact) mass is 697 g/mol. The zero-order chi connectivity index (χ0) is 34.4. The lowest BCUT2D eigenvalue weighted by Gasteiger charge is -2.10. The molecular weight excluding hydrogens is 675 g/mol. The van der Waals surface area contributed by atoms with Crippen LogP contribution in [0.15, 0.2) is 164 Å². The summed E-state index contributed by atoms with van der Waals surface area (Å²) < 4.78 is 56.2. The highest BCUT2D eigenvalue weighted by molar-refractivity contribution is 7.92. The summed E-state index contributed by atoms with van der Waals surface area (Å²) in [6.45, 7) is 0. The molecule has 0 saturated carbocycles. The van der Waals surface area contributed by atoms with Gasteiger partial charge in [0.1, 0.15) is 0 Å². The van der Waals surface area contributed by atoms with E-state index in [9.17, 15) is 21.6 Å². The van der Waals surface area contributed by atoms with Gasteiger partial charge in [0.2, 0.25) is 19.7 Å². The quantitative estimate of drug-likeness (QED) is 0.168. The predicted molar refractivity (Wildman–Crippen MR) is 200 cm³/mol. The Hall–Kier alpha value is -6.09. The Kier molecular flexibility index (Phi) is 5.39. The van der Waals surface area contributed by atoms with Crippen molar-refractivity contribution in [2.75, 3.05) is 0 Å². The van der Waals surface area contributed by atoms with E-state index >= 15 is 0 Å². The van der Waals surface area contributed by atoms with Crippen LogP contribution >= 0.6 is 0 Å². The van der Waals surface area contributed by atoms with Crippen LogP contribution in [0.25, 0.3) is 82.5 Å². The van der Waals surface area contributed by atoms with Crippen molar-refractivity contribution in [1.82, 2.24) is 4.40 Å². The summed E-state index contributed by atoms with van der Waals surface area (Å²) in [5.41, 5.74) is 7.31. The second kappa shape index (κ2) is 9.57. The Balaban J connectivity index is 1.18. The molecule has 0 saturated heterocycles. The standard InChI is InChI=1S/C43H23NO5S2/c45-43-33-10-2-1-7-28(33)35-20-27(26-14-17-32-30-9-4-6-12-39(30)51(48,49)41(32)23-26)21-36-34-19-24(15-18-37(34)44(43)42(35)36)25-13-16-31-29-8-3-5-11-38(29)50(46,47)40(31)22-25/h1-23H. The van der Waals surface area contributed by atoms with E-state index in [4.69, 9.17) is 0 Å². The minimum Gasteiger partial charge on any atom is -0.275 e. The Morgan fingerprint density at radius 2 is 0.824 bits per heavy atom. The van der Waals surface area contributed by atoms with Gasteiger partial charge in [0.25, 0.3) is 5.56 Å². The number of rotatable bonds is 2. The van der Waals surface area contributed by atoms with Crippen LogP contribution in [-0.4, -0.2) is 21.2 Å². The molecule has 0 radical (unpaired) electrons. The highest BCUT2D eigenvalue weighted by Gasteiger charge is 2.34. The lowest BCUT2D eigenvalue weighted by molar-refractivity contribution is 0.597. The maximum absolute atomic E-state index is 14.1. The van der Waals surface area contributed by atoms with Gasteiger partial charge in [0.15, 0.2) is 0 Å². The molecule has 0 unspecified atom stereocenters. The first-order chi connectivity index (χ1) is 24.7. The van der Waals surface area contributed by atoms with E-state index < -0.39 is 19.7 Å². The topological polar surface area (TPSA) is 89.8 Å². The van der Waals surface area contributed by atoms with E-state index in [0.717, 1.165) is 54.8 Å². The minimum absolute atomic E-state index is 0.124. The molecule has 2 aliphatic heterocycles. The lowest BCUT2D eigenvalue weighted by Crippen LogP contribution is -2.12. The zero-order valence-electron chi connectivity index (χ0n) is 26.6. The Labute approximate surface area is 291 Å². The second-order valence-electron chi connectivity index (χ2n) is 13.3. The Bertz CT molecular complexity index is 3360. The third-order valence-electron chi connectivity index (χ3n) is 10.7. The number of pyridine rings is 1. The lowest BCUT2D eigenvalue weighted by atomic mass is 9.95. The average Bonchev–Trinajstić information content (AvgIpc) is 3.70. The normalized spacial score (nSPS) is 15.0. The number of fused-ring (bicyclic) bond motifs is 11. The van der Waals surface area contributed by atoms with Crippen molar-refractivity contribution >= 4 is 57.6 Å². The number of sulfone groups is 2. The first kappa shape index (κ1) is 28.7. The molecule has 0 spiro atoms. The minimum atomic E-state index is -3.69. The third-order valence-corrected chi connectivity index (χ3v) is 14.4. The van der Waals surface area contributed by atoms with Crippen LogP contribution in [0.5, 0.6) is 0 Å². The largest absolute Gasteiger partial charge is 0.275 e. The molecule has 2 aliphatic rings. The smallest absolute Gasteiger partial charge is 0.263 e. The fourth-order valence-electron chi connectivity index (χ4n) is 8.31. The van der Waals surface area contributed by atoms with Gasteiger partial charge in [-0.15, -0.1) is 0 Å². The van der Waals surface area contributed by atoms with E-state index in [1.807, 2.05) is 103 Å². The van der Waals surface area contributed by atoms with Gasteiger partial charge in [-0.25, -0.2) is 16.8 Å². The first-order valence-corrected chi connectivity index (χ1v) is 19.4. The van der Waals surface area contributed by atoms with Crippen LogP contribution < -0.4 is 5.56 Å². The van der Waals surface area contributed by atoms with Gasteiger partial charge >= 0.3 is 0 Å². The van der Waals surface area contributed by atoms with Gasteiger partial charge in [-0.2, -0.15) is 0 Å². The van der Waals surface area contributed by atoms with Gasteiger partial charge < -0.3 is 0 Å². The molecule has 0 atom stereocenters. The summed E-state index contributed by atoms with van der Waals surface area (Å²) in [5, 5.41) is 3.95. The van der Waals surface area contributed by atoms with Crippen molar-refractivity contribution in [3.63, 3.8) is 0 Å². The highest BCUT2D eigenvalue weighted by atomic mass is 32.2. The summed E-state index contributed by atoms with van der Waals surface area (Å²) >= 11 is 0. The van der Waals surface area contributed by atoms with Crippen molar-refractivity contribution in [3.8, 4) is 44.5 Å². The van der Waals surface area contributed by atoms with E-state index in [1.54, 1.807) is 40.8 Å². The number of benzene rings is 7. The van der Waals surface area contributed by atoms with Gasteiger partial charge in [-0.3, -0.25) is 9.20 Å². The zero-order valence-corrected chi connectivity index (χ0v) is 28.2. The first-order valence-electron chi connectivity index (χ1n) is 16.5. The molecule has 0 fully saturated rings. The molecule has 9 aromatic rings. The van der Waals surface area contributed by atoms with E-state index in [-0.39, 0.29) is 15.4 Å². The van der Waals surface area contributed by atoms with Gasteiger partial charge in [-0.05, 0) is 82.2 Å². The number of hydrogen-bond acceptors (Lipinski definition) is 5. The van der Waals surface area contributed by atoms with E-state index in [1.165, 1.54) is 0 Å². The summed E-state index contributed by atoms with van der Waals surface area (Å²) in [6.07, 6.45) is 0. The van der Waals surface area contributed by atoms with Crippen molar-refractivity contribution in [3.05, 3.63) is 150 Å². The van der Waals surface area contributed by atoms with E-state index in [2.05, 4.69) is 0 Å². The van der Waals surface area contributed by atoms with Crippen LogP contribution in [0.2, 0.25) is 0 Å². The van der Waals surface area contributed by atoms with Crippen molar-refractivity contribution in [2.45, 2.75) is 19.6 Å². The number of aromatic nitrogens is 1. The molecule has 6 nitrogen and oxygen atoms in total. The molecule has 51 heavy (non-hydrogen) atoms. The molecule has 8 heteroatoms. The molecular formula is C43H23NO5S2. The summed E-state index contributed by atoms with van der Waals surface area (Å²) in [7, 11) is -7.35. The van der Waals surface area contributed by atoms with E-state index in [0.29, 0.717) is 37.4 Å². The third kappa shape index (κ3) is 3.62. The molecule has 7 aromatic carbocycles. The van der Waals surface area contributed by atoms with Gasteiger partial charge in [0, 0.05) is 43.8 Å². The Morgan fingerprint density at radius 3 is 1.45 bits per heavy atom. The number of hydrogen-bond donors (Lipinski definition) is 0. The molecule has 4 heterocycles. The van der Waals surface area contributed by atoms with Crippen molar-refractivity contribution in [2.24, 2.45) is 0 Å². The summed E-state index contributed by atoms with van der Waals surface area (Å²) in [6, 6.07) is 42.8. The molecule has 0 aliphatic carbocycles. The van der Waals surface area contributed by atoms with Crippen LogP contribution in [-0.2, 0) is 19.7 Å².